The first-order valence-electron chi connectivity index (χ1n) is 3.70. The molecule has 0 amide bonds. The maximum absolute atomic E-state index is 12.5. The van der Waals surface area contributed by atoms with Crippen LogP contribution in [0.4, 0.5) is 8.78 Å². The van der Waals surface area contributed by atoms with E-state index in [2.05, 4.69) is 4.98 Å². The van der Waals surface area contributed by atoms with Crippen LogP contribution in [0.3, 0.4) is 0 Å². The molecule has 1 heterocycles. The van der Waals surface area contributed by atoms with Crippen molar-refractivity contribution in [2.75, 3.05) is 0 Å². The zero-order valence-corrected chi connectivity index (χ0v) is 7.78. The van der Waals surface area contributed by atoms with Gasteiger partial charge in [0, 0.05) is 12.7 Å². The van der Waals surface area contributed by atoms with Crippen molar-refractivity contribution < 1.29 is 8.78 Å². The van der Waals surface area contributed by atoms with Crippen molar-refractivity contribution >= 4 is 11.6 Å². The minimum Gasteiger partial charge on any atom is -0.326 e. The average molecular weight is 207 g/mol. The first kappa shape index (κ1) is 10.3. The third-order valence-corrected chi connectivity index (χ3v) is 2.12. The molecule has 1 rings (SSSR count). The first-order valence-corrected chi connectivity index (χ1v) is 4.07. The Morgan fingerprint density at radius 3 is 2.62 bits per heavy atom. The number of hydrogen-bond donors (Lipinski definition) is 1. The van der Waals surface area contributed by atoms with Crippen LogP contribution in [0.25, 0.3) is 0 Å². The molecule has 0 fully saturated rings. The lowest BCUT2D eigenvalue weighted by Gasteiger charge is -2.10. The van der Waals surface area contributed by atoms with Crippen LogP contribution in [0.1, 0.15) is 23.1 Å². The Labute approximate surface area is 79.7 Å². The van der Waals surface area contributed by atoms with Crippen molar-refractivity contribution in [2.24, 2.45) is 5.73 Å². The van der Waals surface area contributed by atoms with E-state index in [1.54, 1.807) is 6.92 Å². The molecule has 1 aromatic rings. The Hall–Kier alpha value is -0.740. The topological polar surface area (TPSA) is 38.9 Å². The van der Waals surface area contributed by atoms with E-state index in [-0.39, 0.29) is 17.3 Å². The van der Waals surface area contributed by atoms with Crippen molar-refractivity contribution in [3.8, 4) is 0 Å². The number of alkyl halides is 2. The van der Waals surface area contributed by atoms with Crippen LogP contribution in [-0.4, -0.2) is 4.98 Å². The number of halogens is 3. The number of pyridine rings is 1. The highest BCUT2D eigenvalue weighted by atomic mass is 35.5. The highest BCUT2D eigenvalue weighted by Gasteiger charge is 2.18. The summed E-state index contributed by atoms with van der Waals surface area (Å²) in [4.78, 5) is 3.64. The van der Waals surface area contributed by atoms with E-state index in [0.717, 1.165) is 0 Å². The molecule has 0 aliphatic heterocycles. The predicted octanol–water partition coefficient (Wildman–Crippen LogP) is 2.44. The number of hydrogen-bond acceptors (Lipinski definition) is 2. The Balaban J connectivity index is 3.35. The number of rotatable bonds is 2. The van der Waals surface area contributed by atoms with Gasteiger partial charge in [-0.1, -0.05) is 11.6 Å². The molecule has 0 radical (unpaired) electrons. The van der Waals surface area contributed by atoms with Gasteiger partial charge in [0.15, 0.2) is 0 Å². The second kappa shape index (κ2) is 3.98. The molecule has 72 valence electrons. The summed E-state index contributed by atoms with van der Waals surface area (Å²) in [5.41, 5.74) is 6.12. The summed E-state index contributed by atoms with van der Waals surface area (Å²) in [6.45, 7) is 1.73. The second-order valence-corrected chi connectivity index (χ2v) is 2.99. The molecule has 5 heteroatoms. The van der Waals surface area contributed by atoms with Crippen LogP contribution in [-0.2, 0) is 6.54 Å². The van der Waals surface area contributed by atoms with E-state index < -0.39 is 6.43 Å². The monoisotopic (exact) mass is 206 g/mol. The van der Waals surface area contributed by atoms with Crippen LogP contribution in [0, 0.1) is 6.92 Å². The number of aromatic nitrogens is 1. The Bertz CT molecular complexity index is 315. The maximum Gasteiger partial charge on any atom is 0.267 e. The first-order chi connectivity index (χ1) is 6.07. The van der Waals surface area contributed by atoms with Crippen LogP contribution in [0.2, 0.25) is 5.15 Å². The molecule has 0 aromatic carbocycles. The summed E-state index contributed by atoms with van der Waals surface area (Å²) in [6.07, 6.45) is -1.19. The lowest BCUT2D eigenvalue weighted by atomic mass is 10.1. The Morgan fingerprint density at radius 2 is 2.23 bits per heavy atom. The van der Waals surface area contributed by atoms with Gasteiger partial charge in [-0.2, -0.15) is 0 Å². The summed E-state index contributed by atoms with van der Waals surface area (Å²) >= 11 is 5.53. The molecule has 0 saturated carbocycles. The molecule has 13 heavy (non-hydrogen) atoms. The molecule has 2 N–H and O–H groups in total. The largest absolute Gasteiger partial charge is 0.326 e. The minimum absolute atomic E-state index is 0.0494. The second-order valence-electron chi connectivity index (χ2n) is 2.63. The van der Waals surface area contributed by atoms with Gasteiger partial charge in [-0.15, -0.1) is 0 Å². The molecule has 0 atom stereocenters. The highest BCUT2D eigenvalue weighted by Crippen LogP contribution is 2.30. The van der Waals surface area contributed by atoms with Crippen LogP contribution >= 0.6 is 11.6 Å². The molecular weight excluding hydrogens is 198 g/mol. The standard InChI is InChI=1S/C8H9ClF2N2/c1-4-3-13-7(9)6(8(10)11)5(4)2-12/h3,8H,2,12H2,1H3. The molecule has 1 aromatic heterocycles. The molecule has 0 aliphatic rings. The SMILES string of the molecule is Cc1cnc(Cl)c(C(F)F)c1CN. The summed E-state index contributed by atoms with van der Waals surface area (Å²) in [7, 11) is 0. The zero-order valence-electron chi connectivity index (χ0n) is 7.02. The van der Waals surface area contributed by atoms with Gasteiger partial charge in [-0.3, -0.25) is 0 Å². The van der Waals surface area contributed by atoms with Gasteiger partial charge in [-0.05, 0) is 18.1 Å². The van der Waals surface area contributed by atoms with E-state index in [1.165, 1.54) is 6.20 Å². The fraction of sp³-hybridized carbons (Fsp3) is 0.375. The van der Waals surface area contributed by atoms with E-state index in [9.17, 15) is 8.78 Å². The molecule has 0 unspecified atom stereocenters. The number of nitrogens with two attached hydrogens (primary N) is 1. The predicted molar refractivity (Wildman–Crippen MR) is 46.8 cm³/mol. The molecule has 0 spiro atoms. The summed E-state index contributed by atoms with van der Waals surface area (Å²) < 4.78 is 25.0. The normalized spacial score (nSPS) is 10.9. The van der Waals surface area contributed by atoms with Gasteiger partial charge in [0.1, 0.15) is 5.15 Å². The van der Waals surface area contributed by atoms with Crippen LogP contribution in [0.15, 0.2) is 6.20 Å². The van der Waals surface area contributed by atoms with Crippen molar-refractivity contribution in [1.82, 2.24) is 4.98 Å². The quantitative estimate of drug-likeness (QED) is 0.755. The van der Waals surface area contributed by atoms with E-state index in [0.29, 0.717) is 11.1 Å². The smallest absolute Gasteiger partial charge is 0.267 e. The minimum atomic E-state index is -2.63. The van der Waals surface area contributed by atoms with Crippen molar-refractivity contribution in [2.45, 2.75) is 19.9 Å². The van der Waals surface area contributed by atoms with E-state index in [4.69, 9.17) is 17.3 Å². The molecule has 2 nitrogen and oxygen atoms in total. The fourth-order valence-electron chi connectivity index (χ4n) is 1.13. The van der Waals surface area contributed by atoms with Crippen molar-refractivity contribution in [1.29, 1.82) is 0 Å². The average Bonchev–Trinajstić information content (AvgIpc) is 2.07. The van der Waals surface area contributed by atoms with Gasteiger partial charge in [0.2, 0.25) is 0 Å². The molecule has 0 bridgehead atoms. The highest BCUT2D eigenvalue weighted by molar-refractivity contribution is 6.30. The fourth-order valence-corrected chi connectivity index (χ4v) is 1.38. The van der Waals surface area contributed by atoms with Crippen LogP contribution in [0.5, 0.6) is 0 Å². The van der Waals surface area contributed by atoms with Gasteiger partial charge in [-0.25, -0.2) is 13.8 Å². The maximum atomic E-state index is 12.5. The molecular formula is C8H9ClF2N2. The molecule has 0 saturated heterocycles. The zero-order chi connectivity index (χ0) is 10.0. The van der Waals surface area contributed by atoms with Crippen molar-refractivity contribution in [3.05, 3.63) is 28.0 Å². The Morgan fingerprint density at radius 1 is 1.62 bits per heavy atom. The number of aryl methyl sites for hydroxylation is 1. The summed E-state index contributed by atoms with van der Waals surface area (Å²) in [5, 5.41) is -0.166. The summed E-state index contributed by atoms with van der Waals surface area (Å²) in [6, 6.07) is 0. The van der Waals surface area contributed by atoms with E-state index in [1.807, 2.05) is 0 Å². The van der Waals surface area contributed by atoms with Gasteiger partial charge < -0.3 is 5.73 Å². The lowest BCUT2D eigenvalue weighted by Crippen LogP contribution is -2.06. The number of nitrogens with zero attached hydrogens (tertiary/aromatic N) is 1. The molecule has 0 aliphatic carbocycles. The summed E-state index contributed by atoms with van der Waals surface area (Å²) in [5.74, 6) is 0. The van der Waals surface area contributed by atoms with Crippen molar-refractivity contribution in [3.63, 3.8) is 0 Å². The van der Waals surface area contributed by atoms with E-state index >= 15 is 0 Å². The van der Waals surface area contributed by atoms with Gasteiger partial charge in [0.05, 0.1) is 5.56 Å². The van der Waals surface area contributed by atoms with Gasteiger partial charge in [0.25, 0.3) is 6.43 Å². The third-order valence-electron chi connectivity index (χ3n) is 1.82. The van der Waals surface area contributed by atoms with Crippen LogP contribution < -0.4 is 5.73 Å². The Kier molecular flexibility index (Phi) is 3.17. The van der Waals surface area contributed by atoms with Gasteiger partial charge >= 0.3 is 0 Å². The third kappa shape index (κ3) is 1.95. The lowest BCUT2D eigenvalue weighted by molar-refractivity contribution is 0.150.